The quantitative estimate of drug-likeness (QED) is 0.757. The highest BCUT2D eigenvalue weighted by Gasteiger charge is 2.19. The third-order valence-corrected chi connectivity index (χ3v) is 3.51. The first kappa shape index (κ1) is 11.0. The first-order valence-electron chi connectivity index (χ1n) is 5.18. The van der Waals surface area contributed by atoms with E-state index in [-0.39, 0.29) is 11.7 Å². The smallest absolute Gasteiger partial charge is 0.172 e. The van der Waals surface area contributed by atoms with E-state index in [9.17, 15) is 4.79 Å². The maximum absolute atomic E-state index is 12.2. The topological polar surface area (TPSA) is 30.0 Å². The van der Waals surface area contributed by atoms with Gasteiger partial charge in [0.15, 0.2) is 5.78 Å². The molecule has 2 nitrogen and oxygen atoms in total. The minimum absolute atomic E-state index is 0.150. The Balaban J connectivity index is 2.27. The SMILES string of the molecule is Cc1cscc1C(=O)C(C)c1ccccn1. The summed E-state index contributed by atoms with van der Waals surface area (Å²) >= 11 is 1.57. The van der Waals surface area contributed by atoms with Crippen molar-refractivity contribution in [3.8, 4) is 0 Å². The number of hydrogen-bond donors (Lipinski definition) is 0. The summed E-state index contributed by atoms with van der Waals surface area (Å²) in [4.78, 5) is 16.4. The van der Waals surface area contributed by atoms with E-state index in [4.69, 9.17) is 0 Å². The molecule has 1 atom stereocenters. The van der Waals surface area contributed by atoms with E-state index in [2.05, 4.69) is 4.98 Å². The molecule has 2 aromatic rings. The molecule has 0 N–H and O–H groups in total. The normalized spacial score (nSPS) is 12.4. The number of carbonyl (C=O) groups excluding carboxylic acids is 1. The second-order valence-corrected chi connectivity index (χ2v) is 4.55. The standard InChI is InChI=1S/C13H13NOS/c1-9-7-16-8-11(9)13(15)10(2)12-5-3-4-6-14-12/h3-8,10H,1-2H3. The second kappa shape index (κ2) is 4.58. The molecule has 0 spiro atoms. The minimum Gasteiger partial charge on any atom is -0.293 e. The Morgan fingerprint density at radius 1 is 1.38 bits per heavy atom. The third kappa shape index (κ3) is 2.04. The Morgan fingerprint density at radius 2 is 2.19 bits per heavy atom. The lowest BCUT2D eigenvalue weighted by Crippen LogP contribution is -2.11. The number of carbonyl (C=O) groups is 1. The molecule has 2 aromatic heterocycles. The van der Waals surface area contributed by atoms with Gasteiger partial charge in [0, 0.05) is 17.1 Å². The number of rotatable bonds is 3. The molecule has 0 aliphatic carbocycles. The Labute approximate surface area is 99.0 Å². The zero-order valence-corrected chi connectivity index (χ0v) is 10.1. The number of ketones is 1. The number of aryl methyl sites for hydroxylation is 1. The molecule has 0 saturated carbocycles. The minimum atomic E-state index is -0.172. The molecule has 1 unspecified atom stereocenters. The molecule has 3 heteroatoms. The molecule has 0 aromatic carbocycles. The lowest BCUT2D eigenvalue weighted by Gasteiger charge is -2.09. The van der Waals surface area contributed by atoms with Crippen LogP contribution in [-0.2, 0) is 0 Å². The van der Waals surface area contributed by atoms with Gasteiger partial charge in [-0.1, -0.05) is 6.07 Å². The molecule has 0 fully saturated rings. The van der Waals surface area contributed by atoms with Crippen molar-refractivity contribution < 1.29 is 4.79 Å². The number of hydrogen-bond acceptors (Lipinski definition) is 3. The summed E-state index contributed by atoms with van der Waals surface area (Å²) in [5.74, 6) is -0.0213. The monoisotopic (exact) mass is 231 g/mol. The lowest BCUT2D eigenvalue weighted by molar-refractivity contribution is 0.0964. The van der Waals surface area contributed by atoms with E-state index >= 15 is 0 Å². The molecule has 82 valence electrons. The third-order valence-electron chi connectivity index (χ3n) is 2.65. The van der Waals surface area contributed by atoms with Crippen molar-refractivity contribution in [2.75, 3.05) is 0 Å². The van der Waals surface area contributed by atoms with E-state index in [1.54, 1.807) is 17.5 Å². The molecule has 2 heterocycles. The average Bonchev–Trinajstić information content (AvgIpc) is 2.75. The summed E-state index contributed by atoms with van der Waals surface area (Å²) in [6.45, 7) is 3.87. The van der Waals surface area contributed by atoms with Crippen LogP contribution in [0.1, 0.15) is 34.5 Å². The molecule has 0 radical (unpaired) electrons. The van der Waals surface area contributed by atoms with Gasteiger partial charge in [-0.15, -0.1) is 0 Å². The van der Waals surface area contributed by atoms with Crippen LogP contribution < -0.4 is 0 Å². The number of Topliss-reactive ketones (excluding diaryl/α,β-unsaturated/α-hetero) is 1. The molecule has 0 amide bonds. The van der Waals surface area contributed by atoms with E-state index in [0.717, 1.165) is 16.8 Å². The van der Waals surface area contributed by atoms with Gasteiger partial charge in [0.25, 0.3) is 0 Å². The zero-order valence-electron chi connectivity index (χ0n) is 9.31. The first-order valence-corrected chi connectivity index (χ1v) is 6.12. The highest BCUT2D eigenvalue weighted by molar-refractivity contribution is 7.08. The average molecular weight is 231 g/mol. The zero-order chi connectivity index (χ0) is 11.5. The maximum Gasteiger partial charge on any atom is 0.172 e. The molecular formula is C13H13NOS. The largest absolute Gasteiger partial charge is 0.293 e. The van der Waals surface area contributed by atoms with Crippen LogP contribution in [-0.4, -0.2) is 10.8 Å². The number of nitrogens with zero attached hydrogens (tertiary/aromatic N) is 1. The van der Waals surface area contributed by atoms with Crippen LogP contribution in [0, 0.1) is 6.92 Å². The van der Waals surface area contributed by atoms with Gasteiger partial charge in [-0.05, 0) is 36.9 Å². The predicted molar refractivity (Wildman–Crippen MR) is 66.0 cm³/mol. The number of pyridine rings is 1. The van der Waals surface area contributed by atoms with Gasteiger partial charge in [-0.25, -0.2) is 0 Å². The van der Waals surface area contributed by atoms with Gasteiger partial charge < -0.3 is 0 Å². The van der Waals surface area contributed by atoms with Gasteiger partial charge in [0.05, 0.1) is 11.6 Å². The predicted octanol–water partition coefficient (Wildman–Crippen LogP) is 3.44. The van der Waals surface area contributed by atoms with Gasteiger partial charge in [0.2, 0.25) is 0 Å². The lowest BCUT2D eigenvalue weighted by atomic mass is 9.96. The van der Waals surface area contributed by atoms with E-state index < -0.39 is 0 Å². The van der Waals surface area contributed by atoms with Crippen molar-refractivity contribution >= 4 is 17.1 Å². The highest BCUT2D eigenvalue weighted by atomic mass is 32.1. The van der Waals surface area contributed by atoms with Crippen molar-refractivity contribution in [2.45, 2.75) is 19.8 Å². The summed E-state index contributed by atoms with van der Waals surface area (Å²) in [6.07, 6.45) is 1.72. The van der Waals surface area contributed by atoms with Crippen LogP contribution in [0.25, 0.3) is 0 Å². The summed E-state index contributed by atoms with van der Waals surface area (Å²) in [5, 5.41) is 3.91. The van der Waals surface area contributed by atoms with E-state index in [0.29, 0.717) is 0 Å². The summed E-state index contributed by atoms with van der Waals surface area (Å²) < 4.78 is 0. The second-order valence-electron chi connectivity index (χ2n) is 3.81. The van der Waals surface area contributed by atoms with Crippen LogP contribution >= 0.6 is 11.3 Å². The Kier molecular flexibility index (Phi) is 3.15. The summed E-state index contributed by atoms with van der Waals surface area (Å²) in [5.41, 5.74) is 2.71. The van der Waals surface area contributed by atoms with Crippen LogP contribution in [0.4, 0.5) is 0 Å². The fourth-order valence-electron chi connectivity index (χ4n) is 1.61. The van der Waals surface area contributed by atoms with Gasteiger partial charge in [0.1, 0.15) is 0 Å². The number of thiophene rings is 1. The highest BCUT2D eigenvalue weighted by Crippen LogP contribution is 2.22. The van der Waals surface area contributed by atoms with Crippen molar-refractivity contribution in [2.24, 2.45) is 0 Å². The Hall–Kier alpha value is -1.48. The van der Waals surface area contributed by atoms with Crippen LogP contribution in [0.5, 0.6) is 0 Å². The maximum atomic E-state index is 12.2. The van der Waals surface area contributed by atoms with Crippen LogP contribution in [0.3, 0.4) is 0 Å². The van der Waals surface area contributed by atoms with Crippen molar-refractivity contribution in [3.05, 3.63) is 52.0 Å². The van der Waals surface area contributed by atoms with E-state index in [1.165, 1.54) is 0 Å². The summed E-state index contributed by atoms with van der Waals surface area (Å²) in [7, 11) is 0. The Bertz CT molecular complexity index is 490. The molecule has 0 saturated heterocycles. The fourth-order valence-corrected chi connectivity index (χ4v) is 2.45. The van der Waals surface area contributed by atoms with E-state index in [1.807, 2.05) is 42.8 Å². The van der Waals surface area contributed by atoms with Gasteiger partial charge in [-0.3, -0.25) is 9.78 Å². The fraction of sp³-hybridized carbons (Fsp3) is 0.231. The molecule has 0 bridgehead atoms. The van der Waals surface area contributed by atoms with Crippen molar-refractivity contribution in [3.63, 3.8) is 0 Å². The molecule has 0 aliphatic rings. The van der Waals surface area contributed by atoms with Crippen LogP contribution in [0.15, 0.2) is 35.2 Å². The molecule has 2 rings (SSSR count). The first-order chi connectivity index (χ1) is 7.70. The summed E-state index contributed by atoms with van der Waals surface area (Å²) in [6, 6.07) is 5.66. The molecular weight excluding hydrogens is 218 g/mol. The number of aromatic nitrogens is 1. The van der Waals surface area contributed by atoms with Gasteiger partial charge in [-0.2, -0.15) is 11.3 Å². The van der Waals surface area contributed by atoms with Crippen LogP contribution in [0.2, 0.25) is 0 Å². The molecule has 16 heavy (non-hydrogen) atoms. The van der Waals surface area contributed by atoms with Crippen molar-refractivity contribution in [1.29, 1.82) is 0 Å². The van der Waals surface area contributed by atoms with Crippen molar-refractivity contribution in [1.82, 2.24) is 4.98 Å². The van der Waals surface area contributed by atoms with Gasteiger partial charge >= 0.3 is 0 Å². The Morgan fingerprint density at radius 3 is 2.75 bits per heavy atom. The molecule has 0 aliphatic heterocycles.